The Morgan fingerprint density at radius 1 is 0.372 bits per heavy atom. The van der Waals surface area contributed by atoms with Crippen molar-refractivity contribution < 1.29 is 4.42 Å². The van der Waals surface area contributed by atoms with Gasteiger partial charge in [-0.15, -0.1) is 0 Å². The van der Waals surface area contributed by atoms with Gasteiger partial charge in [0.05, 0.1) is 5.56 Å². The van der Waals surface area contributed by atoms with Gasteiger partial charge >= 0.3 is 0 Å². The van der Waals surface area contributed by atoms with E-state index < -0.39 is 0 Å². The second-order valence-corrected chi connectivity index (χ2v) is 10.8. The molecule has 2 heterocycles. The van der Waals surface area contributed by atoms with Crippen LogP contribution < -0.4 is 0 Å². The van der Waals surface area contributed by atoms with Gasteiger partial charge in [-0.2, -0.15) is 0 Å². The van der Waals surface area contributed by atoms with E-state index in [1.165, 1.54) is 21.5 Å². The van der Waals surface area contributed by atoms with E-state index in [1.807, 2.05) is 30.3 Å². The molecular formula is C39H23N3O. The van der Waals surface area contributed by atoms with Crippen molar-refractivity contribution in [3.8, 4) is 34.2 Å². The average molecular weight is 550 g/mol. The zero-order chi connectivity index (χ0) is 28.3. The smallest absolute Gasteiger partial charge is 0.167 e. The lowest BCUT2D eigenvalue weighted by Gasteiger charge is -2.12. The molecule has 0 aliphatic carbocycles. The van der Waals surface area contributed by atoms with E-state index in [-0.39, 0.29) is 0 Å². The molecule has 43 heavy (non-hydrogen) atoms. The molecule has 7 aromatic carbocycles. The molecule has 2 aromatic heterocycles. The Labute approximate surface area is 246 Å². The Morgan fingerprint density at radius 3 is 1.88 bits per heavy atom. The molecule has 0 saturated carbocycles. The zero-order valence-electron chi connectivity index (χ0n) is 23.0. The van der Waals surface area contributed by atoms with Crippen LogP contribution in [0.3, 0.4) is 0 Å². The Kier molecular flexibility index (Phi) is 5.16. The predicted octanol–water partition coefficient (Wildman–Crippen LogP) is 10.2. The van der Waals surface area contributed by atoms with Gasteiger partial charge in [0.25, 0.3) is 0 Å². The Bertz CT molecular complexity index is 2530. The monoisotopic (exact) mass is 549 g/mol. The molecule has 0 atom stereocenters. The summed E-state index contributed by atoms with van der Waals surface area (Å²) < 4.78 is 6.40. The Morgan fingerprint density at radius 2 is 1.00 bits per heavy atom. The van der Waals surface area contributed by atoms with Crippen molar-refractivity contribution in [1.82, 2.24) is 15.0 Å². The number of hydrogen-bond acceptors (Lipinski definition) is 4. The van der Waals surface area contributed by atoms with Crippen molar-refractivity contribution in [2.75, 3.05) is 0 Å². The molecule has 0 bridgehead atoms. The van der Waals surface area contributed by atoms with E-state index in [4.69, 9.17) is 19.4 Å². The first kappa shape index (κ1) is 23.8. The summed E-state index contributed by atoms with van der Waals surface area (Å²) >= 11 is 0. The van der Waals surface area contributed by atoms with E-state index in [1.54, 1.807) is 0 Å². The van der Waals surface area contributed by atoms with Crippen LogP contribution in [0.1, 0.15) is 0 Å². The number of para-hydroxylation sites is 2. The molecule has 0 unspecified atom stereocenters. The van der Waals surface area contributed by atoms with E-state index in [9.17, 15) is 0 Å². The highest BCUT2D eigenvalue weighted by atomic mass is 16.3. The Hall–Kier alpha value is -5.87. The molecule has 200 valence electrons. The fourth-order valence-corrected chi connectivity index (χ4v) is 6.23. The summed E-state index contributed by atoms with van der Waals surface area (Å²) in [4.78, 5) is 15.3. The number of hydrogen-bond donors (Lipinski definition) is 0. The standard InChI is InChI=1S/C39H23N3O/c1-2-11-26-23-27(20-19-24(26)9-1)37-40-38(33-16-7-14-29-28-12-4-3-10-25(28)21-22-30(29)33)42-39(41-37)34-17-8-15-32-31-13-5-6-18-35(31)43-36(32)34/h1-23H. The topological polar surface area (TPSA) is 51.8 Å². The molecule has 0 N–H and O–H groups in total. The quantitative estimate of drug-likeness (QED) is 0.206. The molecule has 0 spiro atoms. The minimum absolute atomic E-state index is 0.579. The van der Waals surface area contributed by atoms with Gasteiger partial charge in [-0.3, -0.25) is 0 Å². The highest BCUT2D eigenvalue weighted by Gasteiger charge is 2.19. The van der Waals surface area contributed by atoms with Gasteiger partial charge < -0.3 is 4.42 Å². The molecule has 0 saturated heterocycles. The molecule has 0 amide bonds. The van der Waals surface area contributed by atoms with Crippen LogP contribution in [0.25, 0.3) is 88.4 Å². The van der Waals surface area contributed by atoms with Crippen molar-refractivity contribution in [2.45, 2.75) is 0 Å². The first-order valence-electron chi connectivity index (χ1n) is 14.4. The molecule has 0 fully saturated rings. The zero-order valence-corrected chi connectivity index (χ0v) is 23.0. The second-order valence-electron chi connectivity index (χ2n) is 10.8. The maximum absolute atomic E-state index is 6.40. The van der Waals surface area contributed by atoms with Crippen LogP contribution in [0.4, 0.5) is 0 Å². The van der Waals surface area contributed by atoms with Gasteiger partial charge in [-0.25, -0.2) is 15.0 Å². The first-order chi connectivity index (χ1) is 21.3. The highest BCUT2D eigenvalue weighted by molar-refractivity contribution is 6.12. The fraction of sp³-hybridized carbons (Fsp3) is 0. The molecule has 0 aliphatic rings. The van der Waals surface area contributed by atoms with Crippen LogP contribution in [0.2, 0.25) is 0 Å². The first-order valence-corrected chi connectivity index (χ1v) is 14.4. The van der Waals surface area contributed by atoms with Gasteiger partial charge in [0.15, 0.2) is 17.5 Å². The van der Waals surface area contributed by atoms with Crippen molar-refractivity contribution in [2.24, 2.45) is 0 Å². The average Bonchev–Trinajstić information content (AvgIpc) is 3.46. The van der Waals surface area contributed by atoms with Crippen LogP contribution in [-0.2, 0) is 0 Å². The maximum atomic E-state index is 6.40. The summed E-state index contributed by atoms with van der Waals surface area (Å²) in [6.45, 7) is 0. The predicted molar refractivity (Wildman–Crippen MR) is 176 cm³/mol. The van der Waals surface area contributed by atoms with Gasteiger partial charge in [0.2, 0.25) is 0 Å². The van der Waals surface area contributed by atoms with Crippen molar-refractivity contribution in [3.63, 3.8) is 0 Å². The number of aromatic nitrogens is 3. The lowest BCUT2D eigenvalue weighted by atomic mass is 9.98. The molecule has 9 rings (SSSR count). The van der Waals surface area contributed by atoms with E-state index in [0.29, 0.717) is 17.5 Å². The number of nitrogens with zero attached hydrogens (tertiary/aromatic N) is 3. The third kappa shape index (κ3) is 3.81. The van der Waals surface area contributed by atoms with Crippen LogP contribution in [0, 0.1) is 0 Å². The van der Waals surface area contributed by atoms with E-state index >= 15 is 0 Å². The minimum Gasteiger partial charge on any atom is -0.455 e. The van der Waals surface area contributed by atoms with Crippen LogP contribution in [0.5, 0.6) is 0 Å². The molecule has 0 aliphatic heterocycles. The van der Waals surface area contributed by atoms with E-state index in [2.05, 4.69) is 109 Å². The second kappa shape index (κ2) is 9.33. The lowest BCUT2D eigenvalue weighted by molar-refractivity contribution is 0.669. The van der Waals surface area contributed by atoms with Gasteiger partial charge in [-0.1, -0.05) is 121 Å². The number of rotatable bonds is 3. The maximum Gasteiger partial charge on any atom is 0.167 e. The number of benzene rings is 7. The number of fused-ring (bicyclic) bond motifs is 7. The summed E-state index contributed by atoms with van der Waals surface area (Å²) in [6.07, 6.45) is 0. The summed E-state index contributed by atoms with van der Waals surface area (Å²) in [5, 5.41) is 9.11. The number of furan rings is 1. The van der Waals surface area contributed by atoms with Crippen LogP contribution in [0.15, 0.2) is 144 Å². The molecule has 9 aromatic rings. The van der Waals surface area contributed by atoms with Crippen LogP contribution >= 0.6 is 0 Å². The largest absolute Gasteiger partial charge is 0.455 e. The molecule has 4 nitrogen and oxygen atoms in total. The molecule has 0 radical (unpaired) electrons. The minimum atomic E-state index is 0.579. The van der Waals surface area contributed by atoms with Crippen LogP contribution in [-0.4, -0.2) is 15.0 Å². The van der Waals surface area contributed by atoms with Crippen molar-refractivity contribution in [3.05, 3.63) is 140 Å². The van der Waals surface area contributed by atoms with Gasteiger partial charge in [-0.05, 0) is 50.5 Å². The summed E-state index contributed by atoms with van der Waals surface area (Å²) in [5.41, 5.74) is 4.35. The molecular weight excluding hydrogens is 526 g/mol. The summed E-state index contributed by atoms with van der Waals surface area (Å²) in [5.74, 6) is 1.83. The van der Waals surface area contributed by atoms with E-state index in [0.717, 1.165) is 49.4 Å². The summed E-state index contributed by atoms with van der Waals surface area (Å²) in [6, 6.07) is 48.2. The van der Waals surface area contributed by atoms with Crippen molar-refractivity contribution >= 4 is 54.3 Å². The highest BCUT2D eigenvalue weighted by Crippen LogP contribution is 2.37. The third-order valence-corrected chi connectivity index (χ3v) is 8.32. The summed E-state index contributed by atoms with van der Waals surface area (Å²) in [7, 11) is 0. The SMILES string of the molecule is c1ccc2cc(-c3nc(-c4cccc5c4ccc4ccccc45)nc(-c4cccc5c4oc4ccccc45)n3)ccc2c1. The molecule has 4 heteroatoms. The third-order valence-electron chi connectivity index (χ3n) is 8.32. The Balaban J connectivity index is 1.33. The van der Waals surface area contributed by atoms with Gasteiger partial charge in [0, 0.05) is 21.9 Å². The van der Waals surface area contributed by atoms with Gasteiger partial charge in [0.1, 0.15) is 11.2 Å². The fourth-order valence-electron chi connectivity index (χ4n) is 6.23. The normalized spacial score (nSPS) is 11.7. The lowest BCUT2D eigenvalue weighted by Crippen LogP contribution is -2.01. The van der Waals surface area contributed by atoms with Crippen molar-refractivity contribution in [1.29, 1.82) is 0 Å².